The second-order valence-corrected chi connectivity index (χ2v) is 3.61. The van der Waals surface area contributed by atoms with Crippen molar-refractivity contribution in [2.45, 2.75) is 6.92 Å². The lowest BCUT2D eigenvalue weighted by Gasteiger charge is -1.96. The number of benzene rings is 1. The molecule has 0 unspecified atom stereocenters. The number of ether oxygens (including phenoxy) is 1. The number of aromatic nitrogens is 2. The maximum Gasteiger partial charge on any atom is 0.332 e. The average molecular weight is 242 g/mol. The summed E-state index contributed by atoms with van der Waals surface area (Å²) in [7, 11) is 0. The molecular weight excluding hydrogens is 228 g/mol. The summed E-state index contributed by atoms with van der Waals surface area (Å²) >= 11 is 0. The van der Waals surface area contributed by atoms with E-state index >= 15 is 0 Å². The minimum Gasteiger partial charge on any atom is -0.463 e. The molecule has 0 aliphatic heterocycles. The lowest BCUT2D eigenvalue weighted by Crippen LogP contribution is -2.00. The van der Waals surface area contributed by atoms with E-state index in [-0.39, 0.29) is 5.97 Å². The number of hydrogen-bond donors (Lipinski definition) is 0. The van der Waals surface area contributed by atoms with Crippen LogP contribution in [0.5, 0.6) is 0 Å². The van der Waals surface area contributed by atoms with Crippen LogP contribution in [0.3, 0.4) is 0 Å². The highest BCUT2D eigenvalue weighted by Gasteiger charge is 2.00. The van der Waals surface area contributed by atoms with Gasteiger partial charge in [0.25, 0.3) is 0 Å². The van der Waals surface area contributed by atoms with Gasteiger partial charge >= 0.3 is 5.97 Å². The van der Waals surface area contributed by atoms with Crippen molar-refractivity contribution in [3.63, 3.8) is 0 Å². The minimum atomic E-state index is -0.366. The Balaban J connectivity index is 2.09. The van der Waals surface area contributed by atoms with E-state index in [4.69, 9.17) is 4.74 Å². The molecule has 0 bridgehead atoms. The first-order chi connectivity index (χ1) is 8.79. The van der Waals surface area contributed by atoms with E-state index in [0.717, 1.165) is 11.3 Å². The Morgan fingerprint density at radius 3 is 2.83 bits per heavy atom. The fourth-order valence-electron chi connectivity index (χ4n) is 1.51. The molecule has 0 atom stereocenters. The van der Waals surface area contributed by atoms with Crippen LogP contribution in [0, 0.1) is 0 Å². The first-order valence-electron chi connectivity index (χ1n) is 5.75. The molecule has 0 saturated heterocycles. The van der Waals surface area contributed by atoms with Crippen LogP contribution < -0.4 is 0 Å². The second kappa shape index (κ2) is 5.82. The van der Waals surface area contributed by atoms with Crippen molar-refractivity contribution in [2.75, 3.05) is 6.61 Å². The molecule has 0 saturated carbocycles. The predicted molar refractivity (Wildman–Crippen MR) is 69.6 cm³/mol. The van der Waals surface area contributed by atoms with E-state index in [0.29, 0.717) is 6.61 Å². The minimum absolute atomic E-state index is 0.366. The highest BCUT2D eigenvalue weighted by atomic mass is 16.5. The maximum atomic E-state index is 11.1. The number of nitrogens with zero attached hydrogens (tertiary/aromatic N) is 2. The Labute approximate surface area is 106 Å². The van der Waals surface area contributed by atoms with E-state index in [1.54, 1.807) is 24.0 Å². The van der Waals surface area contributed by atoms with E-state index in [9.17, 15) is 4.79 Å². The van der Waals surface area contributed by atoms with Gasteiger partial charge in [-0.1, -0.05) is 30.3 Å². The van der Waals surface area contributed by atoms with Gasteiger partial charge in [0.2, 0.25) is 0 Å². The summed E-state index contributed by atoms with van der Waals surface area (Å²) in [5, 5.41) is 4.33. The smallest absolute Gasteiger partial charge is 0.332 e. The van der Waals surface area contributed by atoms with Crippen LogP contribution in [-0.2, 0) is 9.53 Å². The van der Waals surface area contributed by atoms with Crippen LogP contribution in [0.15, 0.2) is 48.7 Å². The zero-order chi connectivity index (χ0) is 12.8. The zero-order valence-electron chi connectivity index (χ0n) is 10.1. The summed E-state index contributed by atoms with van der Waals surface area (Å²) in [5.41, 5.74) is 1.91. The van der Waals surface area contributed by atoms with Gasteiger partial charge in [0, 0.05) is 24.0 Å². The Kier molecular flexibility index (Phi) is 3.91. The number of rotatable bonds is 4. The number of hydrogen-bond acceptors (Lipinski definition) is 3. The molecule has 1 aromatic heterocycles. The summed E-state index contributed by atoms with van der Waals surface area (Å²) in [4.78, 5) is 11.1. The van der Waals surface area contributed by atoms with Crippen molar-refractivity contribution < 1.29 is 9.53 Å². The molecule has 92 valence electrons. The van der Waals surface area contributed by atoms with Crippen molar-refractivity contribution in [1.82, 2.24) is 9.78 Å². The quantitative estimate of drug-likeness (QED) is 0.611. The Hall–Kier alpha value is -2.36. The molecule has 4 heteroatoms. The van der Waals surface area contributed by atoms with Gasteiger partial charge in [-0.2, -0.15) is 5.10 Å². The molecule has 0 fully saturated rings. The van der Waals surface area contributed by atoms with Gasteiger partial charge in [-0.3, -0.25) is 0 Å². The van der Waals surface area contributed by atoms with Gasteiger partial charge in [-0.25, -0.2) is 9.48 Å². The van der Waals surface area contributed by atoms with Crippen LogP contribution in [0.2, 0.25) is 0 Å². The van der Waals surface area contributed by atoms with Crippen molar-refractivity contribution in [3.8, 4) is 11.3 Å². The van der Waals surface area contributed by atoms with Crippen LogP contribution in [0.25, 0.3) is 17.5 Å². The van der Waals surface area contributed by atoms with E-state index in [2.05, 4.69) is 5.10 Å². The third-order valence-corrected chi connectivity index (χ3v) is 2.33. The third-order valence-electron chi connectivity index (χ3n) is 2.33. The first-order valence-corrected chi connectivity index (χ1v) is 5.75. The van der Waals surface area contributed by atoms with Gasteiger partial charge < -0.3 is 4.74 Å². The summed E-state index contributed by atoms with van der Waals surface area (Å²) in [6.45, 7) is 2.14. The highest BCUT2D eigenvalue weighted by molar-refractivity contribution is 5.84. The van der Waals surface area contributed by atoms with Crippen molar-refractivity contribution in [1.29, 1.82) is 0 Å². The summed E-state index contributed by atoms with van der Waals surface area (Å²) in [6, 6.07) is 11.8. The largest absolute Gasteiger partial charge is 0.463 e. The van der Waals surface area contributed by atoms with Crippen LogP contribution >= 0.6 is 0 Å². The molecule has 0 N–H and O–H groups in total. The molecule has 0 amide bonds. The molecule has 1 aromatic carbocycles. The zero-order valence-corrected chi connectivity index (χ0v) is 10.1. The number of esters is 1. The lowest BCUT2D eigenvalue weighted by atomic mass is 10.2. The first kappa shape index (κ1) is 12.1. The van der Waals surface area contributed by atoms with E-state index < -0.39 is 0 Å². The van der Waals surface area contributed by atoms with Crippen LogP contribution in [0.4, 0.5) is 0 Å². The van der Waals surface area contributed by atoms with Crippen molar-refractivity contribution in [2.24, 2.45) is 0 Å². The summed E-state index contributed by atoms with van der Waals surface area (Å²) < 4.78 is 6.37. The topological polar surface area (TPSA) is 44.1 Å². The molecule has 0 radical (unpaired) electrons. The summed E-state index contributed by atoms with van der Waals surface area (Å²) in [5.74, 6) is -0.366. The molecule has 1 heterocycles. The van der Waals surface area contributed by atoms with Crippen LogP contribution in [0.1, 0.15) is 6.92 Å². The van der Waals surface area contributed by atoms with E-state index in [1.165, 1.54) is 6.08 Å². The average Bonchev–Trinajstić information content (AvgIpc) is 2.87. The Morgan fingerprint density at radius 1 is 1.33 bits per heavy atom. The molecule has 18 heavy (non-hydrogen) atoms. The summed E-state index contributed by atoms with van der Waals surface area (Å²) in [6.07, 6.45) is 4.72. The lowest BCUT2D eigenvalue weighted by molar-refractivity contribution is -0.137. The predicted octanol–water partition coefficient (Wildman–Crippen LogP) is 2.58. The fourth-order valence-corrected chi connectivity index (χ4v) is 1.51. The Morgan fingerprint density at radius 2 is 2.11 bits per heavy atom. The monoisotopic (exact) mass is 242 g/mol. The Bertz CT molecular complexity index is 544. The normalized spacial score (nSPS) is 10.7. The molecule has 0 aliphatic rings. The van der Waals surface area contributed by atoms with Gasteiger partial charge in [-0.15, -0.1) is 0 Å². The molecule has 0 aliphatic carbocycles. The SMILES string of the molecule is CCOC(=O)/C=C/n1ccc(-c2ccccc2)n1. The van der Waals surface area contributed by atoms with Gasteiger partial charge in [0.15, 0.2) is 0 Å². The van der Waals surface area contributed by atoms with Gasteiger partial charge in [0.1, 0.15) is 0 Å². The van der Waals surface area contributed by atoms with Gasteiger partial charge in [0.05, 0.1) is 12.3 Å². The standard InChI is InChI=1S/C14H14N2O2/c1-2-18-14(17)9-11-16-10-8-13(15-16)12-6-4-3-5-7-12/h3-11H,2H2,1H3/b11-9+. The fraction of sp³-hybridized carbons (Fsp3) is 0.143. The van der Waals surface area contributed by atoms with Gasteiger partial charge in [-0.05, 0) is 13.0 Å². The second-order valence-electron chi connectivity index (χ2n) is 3.61. The maximum absolute atomic E-state index is 11.1. The third kappa shape index (κ3) is 3.07. The van der Waals surface area contributed by atoms with E-state index in [1.807, 2.05) is 36.4 Å². The molecule has 4 nitrogen and oxygen atoms in total. The molecule has 2 aromatic rings. The number of carbonyl (C=O) groups is 1. The number of carbonyl (C=O) groups excluding carboxylic acids is 1. The molecule has 2 rings (SSSR count). The molecule has 0 spiro atoms. The van der Waals surface area contributed by atoms with Crippen molar-refractivity contribution in [3.05, 3.63) is 48.7 Å². The van der Waals surface area contributed by atoms with Crippen LogP contribution in [-0.4, -0.2) is 22.4 Å². The highest BCUT2D eigenvalue weighted by Crippen LogP contribution is 2.15. The molecular formula is C14H14N2O2. The van der Waals surface area contributed by atoms with Crippen molar-refractivity contribution >= 4 is 12.2 Å².